The summed E-state index contributed by atoms with van der Waals surface area (Å²) in [5.74, 6) is 0.126. The summed E-state index contributed by atoms with van der Waals surface area (Å²) in [6, 6.07) is 8.36. The van der Waals surface area contributed by atoms with E-state index in [4.69, 9.17) is 5.73 Å². The molecule has 2 rings (SSSR count). The van der Waals surface area contributed by atoms with Crippen molar-refractivity contribution < 1.29 is 4.79 Å². The first-order chi connectivity index (χ1) is 9.05. The van der Waals surface area contributed by atoms with Crippen LogP contribution < -0.4 is 5.73 Å². The fraction of sp³-hybridized carbons (Fsp3) is 0.562. The van der Waals surface area contributed by atoms with E-state index in [1.54, 1.807) is 0 Å². The van der Waals surface area contributed by atoms with E-state index in [2.05, 4.69) is 38.1 Å². The monoisotopic (exact) mass is 260 g/mol. The Bertz CT molecular complexity index is 435. The highest BCUT2D eigenvalue weighted by atomic mass is 16.2. The minimum Gasteiger partial charge on any atom is -0.337 e. The number of nitrogens with two attached hydrogens (primary N) is 1. The lowest BCUT2D eigenvalue weighted by molar-refractivity contribution is -0.140. The smallest absolute Gasteiger partial charge is 0.242 e. The van der Waals surface area contributed by atoms with Crippen LogP contribution in [-0.2, 0) is 11.3 Å². The largest absolute Gasteiger partial charge is 0.337 e. The number of hydrogen-bond acceptors (Lipinski definition) is 2. The molecule has 19 heavy (non-hydrogen) atoms. The second-order valence-corrected chi connectivity index (χ2v) is 5.72. The normalized spacial score (nSPS) is 16.8. The Balaban J connectivity index is 2.07. The number of carbonyl (C=O) groups excluding carboxylic acids is 1. The molecule has 3 nitrogen and oxygen atoms in total. The van der Waals surface area contributed by atoms with Gasteiger partial charge in [-0.3, -0.25) is 4.79 Å². The Kier molecular flexibility index (Phi) is 4.25. The Morgan fingerprint density at radius 2 is 1.95 bits per heavy atom. The molecule has 0 bridgehead atoms. The van der Waals surface area contributed by atoms with Crippen LogP contribution in [0.3, 0.4) is 0 Å². The highest BCUT2D eigenvalue weighted by molar-refractivity contribution is 5.87. The molecule has 0 aliphatic heterocycles. The fourth-order valence-corrected chi connectivity index (χ4v) is 2.52. The maximum atomic E-state index is 12.5. The van der Waals surface area contributed by atoms with Gasteiger partial charge in [0.2, 0.25) is 5.91 Å². The molecule has 1 aliphatic carbocycles. The lowest BCUT2D eigenvalue weighted by atomic mass is 9.76. The van der Waals surface area contributed by atoms with Crippen LogP contribution in [0, 0.1) is 6.92 Å². The van der Waals surface area contributed by atoms with Gasteiger partial charge in [-0.25, -0.2) is 0 Å². The maximum absolute atomic E-state index is 12.5. The number of hydrogen-bond donors (Lipinski definition) is 1. The topological polar surface area (TPSA) is 46.3 Å². The van der Waals surface area contributed by atoms with Crippen molar-refractivity contribution in [2.45, 2.75) is 51.6 Å². The van der Waals surface area contributed by atoms with Gasteiger partial charge in [-0.05, 0) is 38.2 Å². The predicted molar refractivity (Wildman–Crippen MR) is 77.7 cm³/mol. The van der Waals surface area contributed by atoms with Gasteiger partial charge >= 0.3 is 0 Å². The molecule has 0 atom stereocenters. The molecule has 3 heteroatoms. The summed E-state index contributed by atoms with van der Waals surface area (Å²) in [7, 11) is 0. The van der Waals surface area contributed by atoms with Crippen molar-refractivity contribution in [2.24, 2.45) is 5.73 Å². The van der Waals surface area contributed by atoms with E-state index in [9.17, 15) is 4.79 Å². The summed E-state index contributed by atoms with van der Waals surface area (Å²) < 4.78 is 0. The number of nitrogens with zero attached hydrogens (tertiary/aromatic N) is 1. The molecule has 1 aliphatic rings. The van der Waals surface area contributed by atoms with Crippen LogP contribution in [0.25, 0.3) is 0 Å². The first-order valence-corrected chi connectivity index (χ1v) is 7.19. The molecule has 0 aromatic heterocycles. The average molecular weight is 260 g/mol. The van der Waals surface area contributed by atoms with Crippen LogP contribution in [0.4, 0.5) is 0 Å². The quantitative estimate of drug-likeness (QED) is 0.884. The Labute approximate surface area is 115 Å². The molecule has 1 amide bonds. The van der Waals surface area contributed by atoms with Gasteiger partial charge < -0.3 is 10.6 Å². The molecule has 1 aromatic carbocycles. The zero-order valence-electron chi connectivity index (χ0n) is 12.0. The van der Waals surface area contributed by atoms with Gasteiger partial charge in [0.15, 0.2) is 0 Å². The van der Waals surface area contributed by atoms with Gasteiger partial charge in [0.05, 0.1) is 5.54 Å². The van der Waals surface area contributed by atoms with Crippen molar-refractivity contribution in [3.8, 4) is 0 Å². The summed E-state index contributed by atoms with van der Waals surface area (Å²) in [4.78, 5) is 14.4. The summed E-state index contributed by atoms with van der Waals surface area (Å²) in [5, 5.41) is 0. The first-order valence-electron chi connectivity index (χ1n) is 7.19. The van der Waals surface area contributed by atoms with Gasteiger partial charge in [-0.15, -0.1) is 0 Å². The van der Waals surface area contributed by atoms with Crippen molar-refractivity contribution in [3.05, 3.63) is 35.4 Å². The molecule has 0 heterocycles. The number of aryl methyl sites for hydroxylation is 1. The number of rotatable bonds is 5. The molecule has 2 N–H and O–H groups in total. The van der Waals surface area contributed by atoms with Gasteiger partial charge in [-0.1, -0.05) is 36.8 Å². The zero-order chi connectivity index (χ0) is 13.9. The average Bonchev–Trinajstić information content (AvgIpc) is 2.37. The molecule has 0 unspecified atom stereocenters. The van der Waals surface area contributed by atoms with E-state index in [1.165, 1.54) is 11.1 Å². The van der Waals surface area contributed by atoms with Crippen molar-refractivity contribution in [2.75, 3.05) is 6.54 Å². The SMILES string of the molecule is CCCN(Cc1ccc(C)cc1)C(=O)C1(N)CCC1. The molecule has 0 radical (unpaired) electrons. The second kappa shape index (κ2) is 5.74. The fourth-order valence-electron chi connectivity index (χ4n) is 2.52. The molecular weight excluding hydrogens is 236 g/mol. The van der Waals surface area contributed by atoms with E-state index in [1.807, 2.05) is 4.90 Å². The lowest BCUT2D eigenvalue weighted by Crippen LogP contribution is -2.59. The highest BCUT2D eigenvalue weighted by Crippen LogP contribution is 2.31. The molecule has 1 saturated carbocycles. The van der Waals surface area contributed by atoms with E-state index in [0.717, 1.165) is 32.2 Å². The standard InChI is InChI=1S/C16H24N2O/c1-3-11-18(15(19)16(17)9-4-10-16)12-14-7-5-13(2)6-8-14/h5-8H,3-4,9-12,17H2,1-2H3. The maximum Gasteiger partial charge on any atom is 0.242 e. The van der Waals surface area contributed by atoms with Crippen LogP contribution in [0.5, 0.6) is 0 Å². The van der Waals surface area contributed by atoms with Crippen molar-refractivity contribution in [1.29, 1.82) is 0 Å². The van der Waals surface area contributed by atoms with Crippen molar-refractivity contribution >= 4 is 5.91 Å². The van der Waals surface area contributed by atoms with Gasteiger partial charge in [0.25, 0.3) is 0 Å². The third kappa shape index (κ3) is 3.16. The Morgan fingerprint density at radius 3 is 2.42 bits per heavy atom. The van der Waals surface area contributed by atoms with Crippen molar-refractivity contribution in [3.63, 3.8) is 0 Å². The second-order valence-electron chi connectivity index (χ2n) is 5.72. The predicted octanol–water partition coefficient (Wildman–Crippen LogP) is 2.62. The third-order valence-corrected chi connectivity index (χ3v) is 3.95. The summed E-state index contributed by atoms with van der Waals surface area (Å²) in [5.41, 5.74) is 8.00. The summed E-state index contributed by atoms with van der Waals surface area (Å²) in [6.45, 7) is 5.62. The van der Waals surface area contributed by atoms with Gasteiger partial charge in [0, 0.05) is 13.1 Å². The van der Waals surface area contributed by atoms with E-state index >= 15 is 0 Å². The Morgan fingerprint density at radius 1 is 1.32 bits per heavy atom. The summed E-state index contributed by atoms with van der Waals surface area (Å²) >= 11 is 0. The van der Waals surface area contributed by atoms with Gasteiger partial charge in [0.1, 0.15) is 0 Å². The molecular formula is C16H24N2O. The molecule has 0 saturated heterocycles. The molecule has 0 spiro atoms. The minimum absolute atomic E-state index is 0.126. The summed E-state index contributed by atoms with van der Waals surface area (Å²) in [6.07, 6.45) is 3.71. The third-order valence-electron chi connectivity index (χ3n) is 3.95. The molecule has 1 fully saturated rings. The van der Waals surface area contributed by atoms with Crippen LogP contribution in [-0.4, -0.2) is 22.9 Å². The molecule has 104 valence electrons. The van der Waals surface area contributed by atoms with Crippen LogP contribution >= 0.6 is 0 Å². The zero-order valence-corrected chi connectivity index (χ0v) is 12.0. The van der Waals surface area contributed by atoms with Crippen molar-refractivity contribution in [1.82, 2.24) is 4.90 Å². The number of benzene rings is 1. The molecule has 1 aromatic rings. The van der Waals surface area contributed by atoms with E-state index in [-0.39, 0.29) is 5.91 Å². The van der Waals surface area contributed by atoms with Gasteiger partial charge in [-0.2, -0.15) is 0 Å². The van der Waals surface area contributed by atoms with Crippen LogP contribution in [0.1, 0.15) is 43.7 Å². The Hall–Kier alpha value is -1.35. The van der Waals surface area contributed by atoms with Crippen LogP contribution in [0.2, 0.25) is 0 Å². The van der Waals surface area contributed by atoms with E-state index in [0.29, 0.717) is 6.54 Å². The first kappa shape index (κ1) is 14.1. The van der Waals surface area contributed by atoms with Crippen LogP contribution in [0.15, 0.2) is 24.3 Å². The number of carbonyl (C=O) groups is 1. The van der Waals surface area contributed by atoms with E-state index < -0.39 is 5.54 Å². The minimum atomic E-state index is -0.583. The highest BCUT2D eigenvalue weighted by Gasteiger charge is 2.42. The lowest BCUT2D eigenvalue weighted by Gasteiger charge is -2.40. The number of amides is 1.